The molecule has 2 amide bonds. The van der Waals surface area contributed by atoms with Crippen LogP contribution in [0.2, 0.25) is 0 Å². The molecule has 2 aromatic carbocycles. The van der Waals surface area contributed by atoms with Crippen molar-refractivity contribution in [2.75, 3.05) is 12.4 Å². The van der Waals surface area contributed by atoms with Gasteiger partial charge in [-0.2, -0.15) is 0 Å². The number of ether oxygens (including phenoxy) is 1. The first-order valence-electron chi connectivity index (χ1n) is 8.84. The third-order valence-corrected chi connectivity index (χ3v) is 4.85. The van der Waals surface area contributed by atoms with Gasteiger partial charge in [0, 0.05) is 12.6 Å². The third kappa shape index (κ3) is 4.32. The van der Waals surface area contributed by atoms with Crippen molar-refractivity contribution in [3.05, 3.63) is 59.7 Å². The molecule has 1 fully saturated rings. The van der Waals surface area contributed by atoms with Gasteiger partial charge in [0.2, 0.25) is 0 Å². The largest absolute Gasteiger partial charge is 0.495 e. The highest BCUT2D eigenvalue weighted by atomic mass is 16.5. The van der Waals surface area contributed by atoms with E-state index in [1.807, 2.05) is 48.2 Å². The van der Waals surface area contributed by atoms with Crippen LogP contribution in [0.4, 0.5) is 10.5 Å². The summed E-state index contributed by atoms with van der Waals surface area (Å²) in [6.07, 6.45) is 2.40. The number of nitrogens with one attached hydrogen (secondary N) is 1. The molecule has 0 radical (unpaired) electrons. The number of urea groups is 1. The number of amides is 2. The molecule has 1 aliphatic carbocycles. The second kappa shape index (κ2) is 7.60. The molecule has 3 rings (SSSR count). The van der Waals surface area contributed by atoms with Crippen molar-refractivity contribution >= 4 is 11.7 Å². The van der Waals surface area contributed by atoms with Crippen LogP contribution >= 0.6 is 0 Å². The van der Waals surface area contributed by atoms with E-state index in [2.05, 4.69) is 24.4 Å². The number of benzene rings is 2. The van der Waals surface area contributed by atoms with Crippen molar-refractivity contribution in [3.63, 3.8) is 0 Å². The molecule has 1 unspecified atom stereocenters. The van der Waals surface area contributed by atoms with Crippen LogP contribution in [0.5, 0.6) is 5.75 Å². The predicted molar refractivity (Wildman–Crippen MR) is 101 cm³/mol. The van der Waals surface area contributed by atoms with Gasteiger partial charge < -0.3 is 15.0 Å². The Balaban J connectivity index is 1.80. The molecule has 0 spiro atoms. The second-order valence-electron chi connectivity index (χ2n) is 6.83. The molecular weight excluding hydrogens is 312 g/mol. The third-order valence-electron chi connectivity index (χ3n) is 4.85. The van der Waals surface area contributed by atoms with Gasteiger partial charge in [-0.1, -0.05) is 36.4 Å². The zero-order valence-electron chi connectivity index (χ0n) is 15.2. The average molecular weight is 338 g/mol. The fraction of sp³-hybridized carbons (Fsp3) is 0.381. The van der Waals surface area contributed by atoms with Gasteiger partial charge in [-0.3, -0.25) is 0 Å². The minimum atomic E-state index is -0.0767. The van der Waals surface area contributed by atoms with E-state index in [4.69, 9.17) is 4.74 Å². The number of aryl methyl sites for hydroxylation is 1. The summed E-state index contributed by atoms with van der Waals surface area (Å²) in [6.45, 7) is 4.76. The Hall–Kier alpha value is -2.49. The van der Waals surface area contributed by atoms with E-state index in [0.29, 0.717) is 23.9 Å². The lowest BCUT2D eigenvalue weighted by molar-refractivity contribution is 0.180. The van der Waals surface area contributed by atoms with Gasteiger partial charge >= 0.3 is 6.03 Å². The number of hydrogen-bond donors (Lipinski definition) is 1. The summed E-state index contributed by atoms with van der Waals surface area (Å²) in [4.78, 5) is 15.0. The Morgan fingerprint density at radius 2 is 1.96 bits per heavy atom. The number of nitrogens with zero attached hydrogens (tertiary/aromatic N) is 1. The maximum Gasteiger partial charge on any atom is 0.322 e. The molecule has 1 aliphatic rings. The highest BCUT2D eigenvalue weighted by molar-refractivity contribution is 5.91. The Kier molecular flexibility index (Phi) is 5.27. The summed E-state index contributed by atoms with van der Waals surface area (Å²) in [5, 5.41) is 3.05. The number of rotatable bonds is 6. The van der Waals surface area contributed by atoms with E-state index in [0.717, 1.165) is 11.1 Å². The lowest BCUT2D eigenvalue weighted by Gasteiger charge is -2.30. The highest BCUT2D eigenvalue weighted by Gasteiger charge is 2.34. The Bertz CT molecular complexity index is 726. The standard InChI is InChI=1S/C21H26N2O2/c1-15-9-12-20(25-3)19(13-15)22-21(24)23(16(2)18-10-11-18)14-17-7-5-4-6-8-17/h4-9,12-13,16,18H,10-11,14H2,1-3H3,(H,22,24). The second-order valence-corrected chi connectivity index (χ2v) is 6.83. The summed E-state index contributed by atoms with van der Waals surface area (Å²) in [7, 11) is 1.62. The monoisotopic (exact) mass is 338 g/mol. The van der Waals surface area contributed by atoms with E-state index in [-0.39, 0.29) is 12.1 Å². The fourth-order valence-electron chi connectivity index (χ4n) is 3.12. The molecular formula is C21H26N2O2. The smallest absolute Gasteiger partial charge is 0.322 e. The van der Waals surface area contributed by atoms with Crippen molar-refractivity contribution in [3.8, 4) is 5.75 Å². The number of anilines is 1. The van der Waals surface area contributed by atoms with Crippen molar-refractivity contribution in [1.29, 1.82) is 0 Å². The van der Waals surface area contributed by atoms with Gasteiger partial charge in [-0.15, -0.1) is 0 Å². The van der Waals surface area contributed by atoms with Crippen molar-refractivity contribution in [2.45, 2.75) is 39.3 Å². The normalized spacial score (nSPS) is 14.7. The van der Waals surface area contributed by atoms with E-state index < -0.39 is 0 Å². The zero-order valence-corrected chi connectivity index (χ0v) is 15.2. The predicted octanol–water partition coefficient (Wildman–Crippen LogP) is 4.84. The van der Waals surface area contributed by atoms with Crippen LogP contribution in [0.15, 0.2) is 48.5 Å². The van der Waals surface area contributed by atoms with Crippen molar-refractivity contribution in [1.82, 2.24) is 4.90 Å². The van der Waals surface area contributed by atoms with Gasteiger partial charge in [-0.25, -0.2) is 4.79 Å². The quantitative estimate of drug-likeness (QED) is 0.819. The van der Waals surface area contributed by atoms with Gasteiger partial charge in [0.15, 0.2) is 0 Å². The van der Waals surface area contributed by atoms with Gasteiger partial charge in [-0.05, 0) is 55.9 Å². The summed E-state index contributed by atoms with van der Waals surface area (Å²) >= 11 is 0. The zero-order chi connectivity index (χ0) is 17.8. The van der Waals surface area contributed by atoms with E-state index in [1.165, 1.54) is 12.8 Å². The van der Waals surface area contributed by atoms with Gasteiger partial charge in [0.1, 0.15) is 5.75 Å². The maximum atomic E-state index is 13.0. The van der Waals surface area contributed by atoms with E-state index in [9.17, 15) is 4.79 Å². The number of hydrogen-bond acceptors (Lipinski definition) is 2. The number of methoxy groups -OCH3 is 1. The molecule has 2 aromatic rings. The van der Waals surface area contributed by atoms with Crippen LogP contribution < -0.4 is 10.1 Å². The molecule has 1 atom stereocenters. The first-order valence-corrected chi connectivity index (χ1v) is 8.84. The van der Waals surface area contributed by atoms with Crippen molar-refractivity contribution < 1.29 is 9.53 Å². The Labute approximate surface area is 149 Å². The van der Waals surface area contributed by atoms with Crippen LogP contribution in [0.1, 0.15) is 30.9 Å². The SMILES string of the molecule is COc1ccc(C)cc1NC(=O)N(Cc1ccccc1)C(C)C1CC1. The van der Waals surface area contributed by atoms with Crippen LogP contribution in [-0.4, -0.2) is 24.1 Å². The fourth-order valence-corrected chi connectivity index (χ4v) is 3.12. The molecule has 4 heteroatoms. The molecule has 0 bridgehead atoms. The number of carbonyl (C=O) groups is 1. The van der Waals surface area contributed by atoms with Gasteiger partial charge in [0.05, 0.1) is 12.8 Å². The molecule has 0 aromatic heterocycles. The minimum absolute atomic E-state index is 0.0767. The topological polar surface area (TPSA) is 41.6 Å². The van der Waals surface area contributed by atoms with Crippen LogP contribution in [0.3, 0.4) is 0 Å². The summed E-state index contributed by atoms with van der Waals surface area (Å²) in [5.74, 6) is 1.28. The van der Waals surface area contributed by atoms with Crippen LogP contribution in [0.25, 0.3) is 0 Å². The molecule has 25 heavy (non-hydrogen) atoms. The first-order chi connectivity index (χ1) is 12.1. The maximum absolute atomic E-state index is 13.0. The molecule has 1 saturated carbocycles. The van der Waals surface area contributed by atoms with E-state index >= 15 is 0 Å². The van der Waals surface area contributed by atoms with Crippen molar-refractivity contribution in [2.24, 2.45) is 5.92 Å². The van der Waals surface area contributed by atoms with E-state index in [1.54, 1.807) is 7.11 Å². The Morgan fingerprint density at radius 3 is 2.60 bits per heavy atom. The van der Waals surface area contributed by atoms with Crippen LogP contribution in [-0.2, 0) is 6.54 Å². The minimum Gasteiger partial charge on any atom is -0.495 e. The molecule has 4 nitrogen and oxygen atoms in total. The molecule has 0 heterocycles. The van der Waals surface area contributed by atoms with Gasteiger partial charge in [0.25, 0.3) is 0 Å². The summed E-state index contributed by atoms with van der Waals surface area (Å²) in [5.41, 5.74) is 2.94. The highest BCUT2D eigenvalue weighted by Crippen LogP contribution is 2.36. The lowest BCUT2D eigenvalue weighted by atomic mass is 10.1. The first kappa shape index (κ1) is 17.3. The Morgan fingerprint density at radius 1 is 1.24 bits per heavy atom. The molecule has 0 aliphatic heterocycles. The average Bonchev–Trinajstić information content (AvgIpc) is 3.45. The lowest BCUT2D eigenvalue weighted by Crippen LogP contribution is -2.42. The summed E-state index contributed by atoms with van der Waals surface area (Å²) < 4.78 is 5.39. The summed E-state index contributed by atoms with van der Waals surface area (Å²) in [6, 6.07) is 16.1. The van der Waals surface area contributed by atoms with Crippen LogP contribution in [0, 0.1) is 12.8 Å². The number of carbonyl (C=O) groups excluding carboxylic acids is 1. The molecule has 1 N–H and O–H groups in total. The molecule has 132 valence electrons. The molecule has 0 saturated heterocycles.